The van der Waals surface area contributed by atoms with Crippen molar-refractivity contribution in [1.29, 1.82) is 0 Å². The largest absolute Gasteiger partial charge is 1.00 e. The van der Waals surface area contributed by atoms with E-state index in [1.807, 2.05) is 48.6 Å². The quantitative estimate of drug-likeness (QED) is 0.338. The van der Waals surface area contributed by atoms with Crippen molar-refractivity contribution in [2.45, 2.75) is 24.5 Å². The minimum Gasteiger partial charge on any atom is -1.00 e. The lowest BCUT2D eigenvalue weighted by Crippen LogP contribution is -3.00. The zero-order valence-electron chi connectivity index (χ0n) is 20.2. The highest BCUT2D eigenvalue weighted by Gasteiger charge is 2.52. The Morgan fingerprint density at radius 1 is 1.03 bits per heavy atom. The van der Waals surface area contributed by atoms with Crippen LogP contribution in [0.5, 0.6) is 0 Å². The number of aromatic nitrogens is 1. The van der Waals surface area contributed by atoms with Crippen LogP contribution in [0.3, 0.4) is 0 Å². The van der Waals surface area contributed by atoms with Crippen LogP contribution in [0.25, 0.3) is 12.2 Å². The summed E-state index contributed by atoms with van der Waals surface area (Å²) in [5.41, 5.74) is 0.629. The number of carbonyl (C=O) groups is 2. The number of benzene rings is 2. The molecule has 0 radical (unpaired) electrons. The number of esters is 1. The van der Waals surface area contributed by atoms with Crippen LogP contribution in [0, 0.1) is 5.92 Å². The van der Waals surface area contributed by atoms with Crippen LogP contribution in [0.1, 0.15) is 35.1 Å². The number of nitrogens with zero attached hydrogens (tertiary/aromatic N) is 2. The number of halogens is 1. The minimum absolute atomic E-state index is 0. The van der Waals surface area contributed by atoms with Crippen LogP contribution >= 0.6 is 0 Å². The summed E-state index contributed by atoms with van der Waals surface area (Å²) in [6.07, 6.45) is 6.60. The van der Waals surface area contributed by atoms with E-state index in [0.29, 0.717) is 28.0 Å². The summed E-state index contributed by atoms with van der Waals surface area (Å²) in [5, 5.41) is 18.6. The molecule has 0 unspecified atom stereocenters. The van der Waals surface area contributed by atoms with Crippen molar-refractivity contribution >= 4 is 29.8 Å². The molecular formula is C28H28BrN3O5. The van der Waals surface area contributed by atoms with Gasteiger partial charge in [0.05, 0.1) is 13.1 Å². The van der Waals surface area contributed by atoms with Crippen LogP contribution in [0.15, 0.2) is 65.4 Å². The summed E-state index contributed by atoms with van der Waals surface area (Å²) in [5.74, 6) is -0.221. The van der Waals surface area contributed by atoms with Crippen molar-refractivity contribution in [2.24, 2.45) is 5.92 Å². The molecule has 9 heteroatoms. The number of ether oxygens (including phenoxy) is 1. The maximum atomic E-state index is 13.9. The van der Waals surface area contributed by atoms with Crippen LogP contribution in [0.4, 0.5) is 5.82 Å². The number of carbonyl (C=O) groups excluding carboxylic acids is 2. The number of amides is 1. The van der Waals surface area contributed by atoms with E-state index in [2.05, 4.69) is 10.5 Å². The molecule has 3 fully saturated rings. The molecule has 2 bridgehead atoms. The van der Waals surface area contributed by atoms with Crippen LogP contribution in [-0.2, 0) is 19.9 Å². The first-order valence-electron chi connectivity index (χ1n) is 12.3. The predicted molar refractivity (Wildman–Crippen MR) is 132 cm³/mol. The van der Waals surface area contributed by atoms with Gasteiger partial charge in [-0.3, -0.25) is 4.79 Å². The van der Waals surface area contributed by atoms with Gasteiger partial charge in [0.15, 0.2) is 18.5 Å². The molecule has 0 spiro atoms. The summed E-state index contributed by atoms with van der Waals surface area (Å²) in [4.78, 5) is 26.6. The Bertz CT molecular complexity index is 1280. The van der Waals surface area contributed by atoms with E-state index in [-0.39, 0.29) is 41.5 Å². The van der Waals surface area contributed by atoms with Crippen molar-refractivity contribution in [2.75, 3.05) is 31.5 Å². The maximum absolute atomic E-state index is 13.9. The highest BCUT2D eigenvalue weighted by atomic mass is 79.9. The fraction of sp³-hybridized carbons (Fsp3) is 0.321. The Kier molecular flexibility index (Phi) is 6.78. The Morgan fingerprint density at radius 3 is 2.24 bits per heavy atom. The molecule has 1 aliphatic carbocycles. The number of rotatable bonds is 5. The molecule has 1 amide bonds. The lowest BCUT2D eigenvalue weighted by molar-refractivity contribution is -0.939. The molecule has 3 aromatic rings. The third-order valence-electron chi connectivity index (χ3n) is 7.92. The summed E-state index contributed by atoms with van der Waals surface area (Å²) >= 11 is 0. The number of fused-ring (bicyclic) bond motifs is 5. The molecule has 2 N–H and O–H groups in total. The Hall–Kier alpha value is -3.27. The predicted octanol–water partition coefficient (Wildman–Crippen LogP) is 0.189. The molecule has 8 nitrogen and oxygen atoms in total. The van der Waals surface area contributed by atoms with Gasteiger partial charge in [0.25, 0.3) is 5.91 Å². The zero-order valence-corrected chi connectivity index (χ0v) is 21.8. The summed E-state index contributed by atoms with van der Waals surface area (Å²) in [6.45, 7) is 2.52. The van der Waals surface area contributed by atoms with Crippen LogP contribution < -0.4 is 22.3 Å². The Labute approximate surface area is 225 Å². The number of piperidine rings is 3. The molecule has 3 aliphatic heterocycles. The van der Waals surface area contributed by atoms with Gasteiger partial charge in [-0.05, 0) is 11.1 Å². The molecule has 1 atom stereocenters. The highest BCUT2D eigenvalue weighted by molar-refractivity contribution is 5.92. The van der Waals surface area contributed by atoms with Crippen molar-refractivity contribution in [1.82, 2.24) is 5.16 Å². The first-order valence-corrected chi connectivity index (χ1v) is 12.3. The second-order valence-electron chi connectivity index (χ2n) is 10.1. The average Bonchev–Trinajstić information content (AvgIpc) is 3.36. The van der Waals surface area contributed by atoms with Gasteiger partial charge >= 0.3 is 5.97 Å². The highest BCUT2D eigenvalue weighted by Crippen LogP contribution is 2.41. The second-order valence-corrected chi connectivity index (χ2v) is 10.1. The first kappa shape index (κ1) is 25.4. The van der Waals surface area contributed by atoms with E-state index in [9.17, 15) is 14.7 Å². The molecule has 7 rings (SSSR count). The normalized spacial score (nSPS) is 24.7. The molecule has 0 saturated carbocycles. The smallest absolute Gasteiger partial charge is 0.348 e. The zero-order chi connectivity index (χ0) is 24.8. The van der Waals surface area contributed by atoms with E-state index in [1.165, 1.54) is 6.26 Å². The van der Waals surface area contributed by atoms with Gasteiger partial charge in [0.1, 0.15) is 12.8 Å². The third-order valence-corrected chi connectivity index (χ3v) is 7.92. The topological polar surface area (TPSA) is 102 Å². The van der Waals surface area contributed by atoms with Gasteiger partial charge in [-0.1, -0.05) is 65.8 Å². The summed E-state index contributed by atoms with van der Waals surface area (Å²) in [6, 6.07) is 16.3. The molecular weight excluding hydrogens is 538 g/mol. The van der Waals surface area contributed by atoms with Gasteiger partial charge in [-0.15, -0.1) is 0 Å². The molecule has 2 aromatic carbocycles. The lowest BCUT2D eigenvalue weighted by Gasteiger charge is -2.51. The molecule has 3 saturated heterocycles. The van der Waals surface area contributed by atoms with Crippen LogP contribution in [0.2, 0.25) is 0 Å². The fourth-order valence-corrected chi connectivity index (χ4v) is 6.05. The van der Waals surface area contributed by atoms with Crippen LogP contribution in [-0.4, -0.2) is 58.9 Å². The van der Waals surface area contributed by atoms with E-state index in [4.69, 9.17) is 9.26 Å². The van der Waals surface area contributed by atoms with Gasteiger partial charge < -0.3 is 41.1 Å². The molecule has 1 aromatic heterocycles. The fourth-order valence-electron chi connectivity index (χ4n) is 6.05. The van der Waals surface area contributed by atoms with Crippen molar-refractivity contribution in [3.8, 4) is 0 Å². The van der Waals surface area contributed by atoms with Gasteiger partial charge in [-0.2, -0.15) is 0 Å². The summed E-state index contributed by atoms with van der Waals surface area (Å²) < 4.78 is 11.5. The van der Waals surface area contributed by atoms with E-state index >= 15 is 0 Å². The SMILES string of the molecule is O=C(C[N+]12CCC(CC1)[C@@H](OC(=O)C1(O)c3ccccc3C=Cc3ccccc31)C2)Nc1ccon1.[Br-]. The second kappa shape index (κ2) is 9.89. The lowest BCUT2D eigenvalue weighted by atomic mass is 9.81. The molecule has 4 heterocycles. The van der Waals surface area contributed by atoms with E-state index < -0.39 is 11.6 Å². The molecule has 192 valence electrons. The monoisotopic (exact) mass is 565 g/mol. The van der Waals surface area contributed by atoms with Crippen molar-refractivity contribution in [3.63, 3.8) is 0 Å². The Morgan fingerprint density at radius 2 is 1.65 bits per heavy atom. The van der Waals surface area contributed by atoms with Gasteiger partial charge in [0, 0.05) is 36.0 Å². The van der Waals surface area contributed by atoms with Gasteiger partial charge in [-0.25, -0.2) is 4.79 Å². The standard InChI is InChI=1S/C28H27N3O5.BrH/c32-26(29-25-13-16-35-30-25)18-31-14-11-21(12-15-31)24(17-31)36-27(33)28(34)22-7-3-1-5-19(22)9-10-20-6-2-4-8-23(20)28;/h1-10,13,16,21,24,34H,11-12,14-15,17-18H2;1H/t21?,24-,31?;/m0./s1. The molecule has 4 aliphatic rings. The Balaban J connectivity index is 0.00000280. The summed E-state index contributed by atoms with van der Waals surface area (Å²) in [7, 11) is 0. The number of hydrogen-bond acceptors (Lipinski definition) is 6. The van der Waals surface area contributed by atoms with Crippen molar-refractivity contribution < 1.29 is 45.4 Å². The van der Waals surface area contributed by atoms with E-state index in [0.717, 1.165) is 37.1 Å². The number of nitrogens with one attached hydrogen (secondary N) is 1. The van der Waals surface area contributed by atoms with Crippen molar-refractivity contribution in [3.05, 3.63) is 83.1 Å². The number of aliphatic hydroxyl groups is 1. The van der Waals surface area contributed by atoms with Gasteiger partial charge in [0.2, 0.25) is 5.60 Å². The van der Waals surface area contributed by atoms with E-state index in [1.54, 1.807) is 18.2 Å². The molecule has 37 heavy (non-hydrogen) atoms. The number of quaternary nitrogens is 1. The average molecular weight is 566 g/mol. The first-order chi connectivity index (χ1) is 17.5. The minimum atomic E-state index is -1.93. The maximum Gasteiger partial charge on any atom is 0.348 e. The number of hydrogen-bond donors (Lipinski definition) is 2. The third kappa shape index (κ3) is 4.52. The number of anilines is 1.